The number of amides is 2. The molecule has 0 saturated carbocycles. The van der Waals surface area contributed by atoms with Crippen molar-refractivity contribution in [3.63, 3.8) is 0 Å². The molecule has 8 nitrogen and oxygen atoms in total. The minimum atomic E-state index is -0.0759. The number of aromatic nitrogens is 2. The average Bonchev–Trinajstić information content (AvgIpc) is 2.89. The molecule has 188 valence electrons. The maximum Gasteiger partial charge on any atom is 0.322 e. The Balaban J connectivity index is 1.27. The Morgan fingerprint density at radius 1 is 0.971 bits per heavy atom. The highest BCUT2D eigenvalue weighted by Crippen LogP contribution is 2.30. The van der Waals surface area contributed by atoms with Crippen LogP contribution in [-0.4, -0.2) is 78.7 Å². The molecule has 0 atom stereocenters. The van der Waals surface area contributed by atoms with Crippen molar-refractivity contribution in [1.29, 1.82) is 0 Å². The Bertz CT molecular complexity index is 1020. The zero-order chi connectivity index (χ0) is 24.4. The number of fused-ring (bicyclic) bond motifs is 1. The van der Waals surface area contributed by atoms with E-state index in [0.717, 1.165) is 48.2 Å². The third kappa shape index (κ3) is 5.37. The zero-order valence-electron chi connectivity index (χ0n) is 21.5. The van der Waals surface area contributed by atoms with Crippen molar-refractivity contribution < 1.29 is 4.79 Å². The number of likely N-dealkylation sites (tertiary alicyclic amines) is 1. The van der Waals surface area contributed by atoms with Crippen LogP contribution in [0.2, 0.25) is 0 Å². The van der Waals surface area contributed by atoms with Crippen molar-refractivity contribution in [2.75, 3.05) is 61.9 Å². The summed E-state index contributed by atoms with van der Waals surface area (Å²) in [5, 5.41) is 3.03. The van der Waals surface area contributed by atoms with Crippen LogP contribution >= 0.6 is 0 Å². The molecule has 2 aromatic rings. The number of urea groups is 1. The number of anilines is 3. The lowest BCUT2D eigenvalue weighted by molar-refractivity contribution is 0.141. The van der Waals surface area contributed by atoms with Crippen LogP contribution in [0.4, 0.5) is 22.2 Å². The smallest absolute Gasteiger partial charge is 0.322 e. The molecule has 4 heterocycles. The number of hydrogen-bond donors (Lipinski definition) is 1. The Hall–Kier alpha value is -2.87. The SMILES string of the molecule is Cc1ccc(NC(=O)N2CCc3nc(N4CCC(N5CCCCC5)CC4)nc(N(C)C)c3C2)cc1. The lowest BCUT2D eigenvalue weighted by Crippen LogP contribution is -2.47. The first-order valence-corrected chi connectivity index (χ1v) is 13.2. The van der Waals surface area contributed by atoms with Gasteiger partial charge in [-0.1, -0.05) is 24.1 Å². The summed E-state index contributed by atoms with van der Waals surface area (Å²) in [6, 6.07) is 8.54. The van der Waals surface area contributed by atoms with Gasteiger partial charge in [0.15, 0.2) is 0 Å². The number of nitrogens with zero attached hydrogens (tertiary/aromatic N) is 6. The van der Waals surface area contributed by atoms with Crippen molar-refractivity contribution in [1.82, 2.24) is 19.8 Å². The van der Waals surface area contributed by atoms with Gasteiger partial charge in [0.1, 0.15) is 5.82 Å². The van der Waals surface area contributed by atoms with E-state index in [9.17, 15) is 4.79 Å². The number of carbonyl (C=O) groups excluding carboxylic acids is 1. The van der Waals surface area contributed by atoms with Gasteiger partial charge in [-0.25, -0.2) is 9.78 Å². The molecule has 2 saturated heterocycles. The number of aryl methyl sites for hydroxylation is 1. The minimum Gasteiger partial charge on any atom is -0.362 e. The molecular weight excluding hydrogens is 438 g/mol. The molecule has 0 aliphatic carbocycles. The number of piperidine rings is 2. The lowest BCUT2D eigenvalue weighted by atomic mass is 10.00. The number of rotatable bonds is 4. The maximum atomic E-state index is 13.0. The van der Waals surface area contributed by atoms with Gasteiger partial charge >= 0.3 is 6.03 Å². The van der Waals surface area contributed by atoms with E-state index in [4.69, 9.17) is 9.97 Å². The molecule has 0 radical (unpaired) electrons. The fraction of sp³-hybridized carbons (Fsp3) is 0.593. The molecule has 2 fully saturated rings. The van der Waals surface area contributed by atoms with Gasteiger partial charge in [0, 0.05) is 57.4 Å². The van der Waals surface area contributed by atoms with Crippen molar-refractivity contribution in [2.24, 2.45) is 0 Å². The Morgan fingerprint density at radius 2 is 1.69 bits per heavy atom. The normalized spacial score (nSPS) is 19.4. The third-order valence-electron chi connectivity index (χ3n) is 7.69. The molecule has 0 unspecified atom stereocenters. The fourth-order valence-corrected chi connectivity index (χ4v) is 5.62. The second kappa shape index (κ2) is 10.4. The van der Waals surface area contributed by atoms with Gasteiger partial charge in [-0.3, -0.25) is 0 Å². The molecule has 35 heavy (non-hydrogen) atoms. The maximum absolute atomic E-state index is 13.0. The van der Waals surface area contributed by atoms with Crippen molar-refractivity contribution in [3.05, 3.63) is 41.1 Å². The van der Waals surface area contributed by atoms with Crippen LogP contribution in [0.5, 0.6) is 0 Å². The van der Waals surface area contributed by atoms with E-state index in [2.05, 4.69) is 20.0 Å². The molecule has 5 rings (SSSR count). The van der Waals surface area contributed by atoms with E-state index in [1.807, 2.05) is 50.2 Å². The first kappa shape index (κ1) is 23.9. The van der Waals surface area contributed by atoms with Gasteiger partial charge in [-0.15, -0.1) is 0 Å². The van der Waals surface area contributed by atoms with Crippen molar-refractivity contribution in [3.8, 4) is 0 Å². The number of nitrogens with one attached hydrogen (secondary N) is 1. The van der Waals surface area contributed by atoms with Gasteiger partial charge in [-0.2, -0.15) is 4.98 Å². The second-order valence-corrected chi connectivity index (χ2v) is 10.4. The van der Waals surface area contributed by atoms with E-state index in [1.165, 1.54) is 50.8 Å². The summed E-state index contributed by atoms with van der Waals surface area (Å²) >= 11 is 0. The summed E-state index contributed by atoms with van der Waals surface area (Å²) in [5.41, 5.74) is 4.14. The van der Waals surface area contributed by atoms with Gasteiger partial charge < -0.3 is 24.9 Å². The highest BCUT2D eigenvalue weighted by Gasteiger charge is 2.30. The summed E-state index contributed by atoms with van der Waals surface area (Å²) in [6.07, 6.45) is 7.20. The predicted octanol–water partition coefficient (Wildman–Crippen LogP) is 3.90. The van der Waals surface area contributed by atoms with Crippen LogP contribution < -0.4 is 15.1 Å². The molecule has 0 bridgehead atoms. The first-order chi connectivity index (χ1) is 17.0. The van der Waals surface area contributed by atoms with Crippen LogP contribution in [0.1, 0.15) is 48.9 Å². The summed E-state index contributed by atoms with van der Waals surface area (Å²) in [6.45, 7) is 7.78. The molecule has 1 N–H and O–H groups in total. The van der Waals surface area contributed by atoms with Crippen molar-refractivity contribution >= 4 is 23.5 Å². The quantitative estimate of drug-likeness (QED) is 0.721. The van der Waals surface area contributed by atoms with Crippen LogP contribution in [0.15, 0.2) is 24.3 Å². The van der Waals surface area contributed by atoms with E-state index < -0.39 is 0 Å². The minimum absolute atomic E-state index is 0.0759. The van der Waals surface area contributed by atoms with E-state index in [1.54, 1.807) is 0 Å². The molecule has 8 heteroatoms. The Labute approximate surface area is 209 Å². The molecule has 1 aromatic heterocycles. The summed E-state index contributed by atoms with van der Waals surface area (Å²) in [4.78, 5) is 32.0. The highest BCUT2D eigenvalue weighted by atomic mass is 16.2. The molecule has 0 spiro atoms. The molecule has 3 aliphatic rings. The van der Waals surface area contributed by atoms with E-state index >= 15 is 0 Å². The monoisotopic (exact) mass is 477 g/mol. The highest BCUT2D eigenvalue weighted by molar-refractivity contribution is 5.89. The third-order valence-corrected chi connectivity index (χ3v) is 7.69. The average molecular weight is 478 g/mol. The molecule has 3 aliphatic heterocycles. The summed E-state index contributed by atoms with van der Waals surface area (Å²) in [5.74, 6) is 1.78. The Morgan fingerprint density at radius 3 is 2.37 bits per heavy atom. The van der Waals surface area contributed by atoms with Gasteiger partial charge in [-0.05, 0) is 57.8 Å². The van der Waals surface area contributed by atoms with E-state index in [-0.39, 0.29) is 6.03 Å². The number of carbonyl (C=O) groups is 1. The fourth-order valence-electron chi connectivity index (χ4n) is 5.62. The topological polar surface area (TPSA) is 67.8 Å². The summed E-state index contributed by atoms with van der Waals surface area (Å²) in [7, 11) is 4.06. The molecule has 1 aromatic carbocycles. The summed E-state index contributed by atoms with van der Waals surface area (Å²) < 4.78 is 0. The van der Waals surface area contributed by atoms with Gasteiger partial charge in [0.2, 0.25) is 5.95 Å². The van der Waals surface area contributed by atoms with Crippen LogP contribution in [-0.2, 0) is 13.0 Å². The van der Waals surface area contributed by atoms with Crippen LogP contribution in [0, 0.1) is 6.92 Å². The standard InChI is InChI=1S/C27H39N7O/c1-20-7-9-21(10-8-20)28-27(35)34-18-13-24-23(19-34)25(31(2)3)30-26(29-24)33-16-11-22(12-17-33)32-14-5-4-6-15-32/h7-10,22H,4-6,11-19H2,1-3H3,(H,28,35). The van der Waals surface area contributed by atoms with E-state index in [0.29, 0.717) is 19.1 Å². The number of hydrogen-bond acceptors (Lipinski definition) is 6. The van der Waals surface area contributed by atoms with Crippen LogP contribution in [0.25, 0.3) is 0 Å². The van der Waals surface area contributed by atoms with Crippen LogP contribution in [0.3, 0.4) is 0 Å². The van der Waals surface area contributed by atoms with Gasteiger partial charge in [0.05, 0.1) is 12.2 Å². The first-order valence-electron chi connectivity index (χ1n) is 13.2. The largest absolute Gasteiger partial charge is 0.362 e. The predicted molar refractivity (Wildman–Crippen MR) is 141 cm³/mol. The lowest BCUT2D eigenvalue weighted by Gasteiger charge is -2.40. The molecule has 2 amide bonds. The van der Waals surface area contributed by atoms with Crippen molar-refractivity contribution in [2.45, 2.75) is 58.0 Å². The van der Waals surface area contributed by atoms with Gasteiger partial charge in [0.25, 0.3) is 0 Å². The Kier molecular flexibility index (Phi) is 7.09. The second-order valence-electron chi connectivity index (χ2n) is 10.4. The number of benzene rings is 1. The molecular formula is C27H39N7O. The zero-order valence-corrected chi connectivity index (χ0v) is 21.5.